The fraction of sp³-hybridized carbons (Fsp3) is 0.917. The highest BCUT2D eigenvalue weighted by Gasteiger charge is 2.38. The van der Waals surface area contributed by atoms with Crippen molar-refractivity contribution in [3.8, 4) is 0 Å². The van der Waals surface area contributed by atoms with Gasteiger partial charge in [0.15, 0.2) is 0 Å². The van der Waals surface area contributed by atoms with E-state index in [1.807, 2.05) is 6.92 Å². The third-order valence-corrected chi connectivity index (χ3v) is 3.15. The Hall–Kier alpha value is -0.610. The van der Waals surface area contributed by atoms with E-state index in [0.29, 0.717) is 19.1 Å². The molecule has 2 N–H and O–H groups in total. The van der Waals surface area contributed by atoms with E-state index in [-0.39, 0.29) is 6.10 Å². The van der Waals surface area contributed by atoms with Crippen molar-refractivity contribution in [1.29, 1.82) is 0 Å². The smallest absolute Gasteiger partial charge is 0.323 e. The Morgan fingerprint density at radius 2 is 2.25 bits per heavy atom. The number of aliphatic carboxylic acids is 1. The molecular formula is C12H23NO3. The Labute approximate surface area is 97.4 Å². The first kappa shape index (κ1) is 13.5. The standard InChI is InChI=1S/C12H23NO3/c1-4-9(2)16-8-7-12(3,11(14)15)13-10-5-6-10/h9-10,13H,4-8H2,1-3H3,(H,14,15). The lowest BCUT2D eigenvalue weighted by Crippen LogP contribution is -2.51. The largest absolute Gasteiger partial charge is 0.480 e. The summed E-state index contributed by atoms with van der Waals surface area (Å²) in [5, 5.41) is 12.4. The Balaban J connectivity index is 2.34. The average Bonchev–Trinajstić information content (AvgIpc) is 3.01. The van der Waals surface area contributed by atoms with Crippen molar-refractivity contribution in [2.45, 2.75) is 64.1 Å². The fourth-order valence-electron chi connectivity index (χ4n) is 1.50. The van der Waals surface area contributed by atoms with Gasteiger partial charge in [-0.15, -0.1) is 0 Å². The van der Waals surface area contributed by atoms with Crippen molar-refractivity contribution in [3.63, 3.8) is 0 Å². The van der Waals surface area contributed by atoms with Crippen LogP contribution in [0.4, 0.5) is 0 Å². The third-order valence-electron chi connectivity index (χ3n) is 3.15. The van der Waals surface area contributed by atoms with Gasteiger partial charge in [-0.3, -0.25) is 10.1 Å². The summed E-state index contributed by atoms with van der Waals surface area (Å²) in [5.41, 5.74) is -0.839. The van der Waals surface area contributed by atoms with Crippen LogP contribution in [0.3, 0.4) is 0 Å². The van der Waals surface area contributed by atoms with E-state index in [1.54, 1.807) is 6.92 Å². The fourth-order valence-corrected chi connectivity index (χ4v) is 1.50. The molecule has 4 nitrogen and oxygen atoms in total. The Bertz CT molecular complexity index is 240. The van der Waals surface area contributed by atoms with Crippen molar-refractivity contribution in [2.75, 3.05) is 6.61 Å². The zero-order valence-electron chi connectivity index (χ0n) is 10.5. The third kappa shape index (κ3) is 4.10. The maximum absolute atomic E-state index is 11.2. The number of hydrogen-bond donors (Lipinski definition) is 2. The minimum Gasteiger partial charge on any atom is -0.480 e. The second-order valence-electron chi connectivity index (χ2n) is 4.90. The van der Waals surface area contributed by atoms with E-state index in [9.17, 15) is 9.90 Å². The highest BCUT2D eigenvalue weighted by atomic mass is 16.5. The Kier molecular flexibility index (Phi) is 4.74. The molecule has 0 aromatic carbocycles. The van der Waals surface area contributed by atoms with Crippen molar-refractivity contribution in [1.82, 2.24) is 5.32 Å². The summed E-state index contributed by atoms with van der Waals surface area (Å²) in [4.78, 5) is 11.2. The molecule has 0 saturated heterocycles. The summed E-state index contributed by atoms with van der Waals surface area (Å²) in [5.74, 6) is -0.785. The second-order valence-corrected chi connectivity index (χ2v) is 4.90. The van der Waals surface area contributed by atoms with Crippen LogP contribution in [0.1, 0.15) is 46.5 Å². The molecule has 0 bridgehead atoms. The lowest BCUT2D eigenvalue weighted by molar-refractivity contribution is -0.145. The van der Waals surface area contributed by atoms with Gasteiger partial charge in [0.1, 0.15) is 5.54 Å². The lowest BCUT2D eigenvalue weighted by atomic mass is 9.98. The Morgan fingerprint density at radius 1 is 1.62 bits per heavy atom. The molecule has 0 aromatic rings. The molecule has 1 aliphatic rings. The van der Waals surface area contributed by atoms with E-state index in [4.69, 9.17) is 4.74 Å². The first-order valence-corrected chi connectivity index (χ1v) is 6.10. The molecule has 0 amide bonds. The molecule has 1 rings (SSSR count). The number of hydrogen-bond acceptors (Lipinski definition) is 3. The highest BCUT2D eigenvalue weighted by molar-refractivity contribution is 5.78. The summed E-state index contributed by atoms with van der Waals surface area (Å²) in [7, 11) is 0. The van der Waals surface area contributed by atoms with Crippen LogP contribution in [0.25, 0.3) is 0 Å². The molecule has 1 fully saturated rings. The number of carboxylic acids is 1. The topological polar surface area (TPSA) is 58.6 Å². The van der Waals surface area contributed by atoms with E-state index in [1.165, 1.54) is 0 Å². The number of ether oxygens (including phenoxy) is 1. The number of carboxylic acid groups (broad SMARTS) is 1. The summed E-state index contributed by atoms with van der Waals surface area (Å²) < 4.78 is 5.54. The summed E-state index contributed by atoms with van der Waals surface area (Å²) >= 11 is 0. The number of carbonyl (C=O) groups is 1. The molecule has 4 heteroatoms. The van der Waals surface area contributed by atoms with Gasteiger partial charge in [0.25, 0.3) is 0 Å². The monoisotopic (exact) mass is 229 g/mol. The number of rotatable bonds is 8. The van der Waals surface area contributed by atoms with Crippen LogP contribution < -0.4 is 5.32 Å². The minimum atomic E-state index is -0.839. The van der Waals surface area contributed by atoms with Crippen LogP contribution in [0, 0.1) is 0 Å². The van der Waals surface area contributed by atoms with Gasteiger partial charge in [0, 0.05) is 12.6 Å². The maximum atomic E-state index is 11.2. The molecule has 0 aliphatic heterocycles. The van der Waals surface area contributed by atoms with Crippen LogP contribution in [-0.4, -0.2) is 35.4 Å². The van der Waals surface area contributed by atoms with Crippen LogP contribution >= 0.6 is 0 Å². The summed E-state index contributed by atoms with van der Waals surface area (Å²) in [6.07, 6.45) is 3.87. The van der Waals surface area contributed by atoms with Crippen molar-refractivity contribution in [2.24, 2.45) is 0 Å². The zero-order valence-corrected chi connectivity index (χ0v) is 10.5. The molecule has 1 saturated carbocycles. The highest BCUT2D eigenvalue weighted by Crippen LogP contribution is 2.24. The van der Waals surface area contributed by atoms with E-state index in [0.717, 1.165) is 19.3 Å². The molecule has 2 atom stereocenters. The van der Waals surface area contributed by atoms with Gasteiger partial charge in [0.2, 0.25) is 0 Å². The first-order chi connectivity index (χ1) is 7.48. The average molecular weight is 229 g/mol. The normalized spacial score (nSPS) is 21.4. The van der Waals surface area contributed by atoms with Crippen molar-refractivity contribution >= 4 is 5.97 Å². The van der Waals surface area contributed by atoms with Gasteiger partial charge in [-0.25, -0.2) is 0 Å². The van der Waals surface area contributed by atoms with Gasteiger partial charge < -0.3 is 9.84 Å². The number of nitrogens with one attached hydrogen (secondary N) is 1. The molecule has 1 aliphatic carbocycles. The Morgan fingerprint density at radius 3 is 2.69 bits per heavy atom. The molecule has 0 heterocycles. The van der Waals surface area contributed by atoms with Gasteiger partial charge in [0.05, 0.1) is 6.10 Å². The van der Waals surface area contributed by atoms with Crippen LogP contribution in [0.2, 0.25) is 0 Å². The second kappa shape index (κ2) is 5.64. The molecule has 94 valence electrons. The molecule has 16 heavy (non-hydrogen) atoms. The van der Waals surface area contributed by atoms with Crippen molar-refractivity contribution < 1.29 is 14.6 Å². The van der Waals surface area contributed by atoms with Crippen molar-refractivity contribution in [3.05, 3.63) is 0 Å². The molecular weight excluding hydrogens is 206 g/mol. The predicted molar refractivity (Wildman–Crippen MR) is 62.5 cm³/mol. The SMILES string of the molecule is CCC(C)OCCC(C)(NC1CC1)C(=O)O. The van der Waals surface area contributed by atoms with Gasteiger partial charge in [-0.2, -0.15) is 0 Å². The maximum Gasteiger partial charge on any atom is 0.323 e. The minimum absolute atomic E-state index is 0.207. The summed E-state index contributed by atoms with van der Waals surface area (Å²) in [6.45, 7) is 6.31. The lowest BCUT2D eigenvalue weighted by Gasteiger charge is -2.26. The molecule has 2 unspecified atom stereocenters. The molecule has 0 aromatic heterocycles. The van der Waals surface area contributed by atoms with Crippen LogP contribution in [0.15, 0.2) is 0 Å². The van der Waals surface area contributed by atoms with E-state index < -0.39 is 11.5 Å². The predicted octanol–water partition coefficient (Wildman–Crippen LogP) is 1.79. The van der Waals surface area contributed by atoms with Crippen LogP contribution in [0.5, 0.6) is 0 Å². The summed E-state index contributed by atoms with van der Waals surface area (Å²) in [6, 6.07) is 0.393. The molecule has 0 spiro atoms. The zero-order chi connectivity index (χ0) is 12.2. The molecule has 0 radical (unpaired) electrons. The van der Waals surface area contributed by atoms with E-state index >= 15 is 0 Å². The quantitative estimate of drug-likeness (QED) is 0.666. The van der Waals surface area contributed by atoms with E-state index in [2.05, 4.69) is 12.2 Å². The van der Waals surface area contributed by atoms with Gasteiger partial charge in [-0.1, -0.05) is 6.92 Å². The van der Waals surface area contributed by atoms with Gasteiger partial charge >= 0.3 is 5.97 Å². The first-order valence-electron chi connectivity index (χ1n) is 6.10. The van der Waals surface area contributed by atoms with Gasteiger partial charge in [-0.05, 0) is 39.5 Å². The van der Waals surface area contributed by atoms with Crippen LogP contribution in [-0.2, 0) is 9.53 Å².